The van der Waals surface area contributed by atoms with Crippen LogP contribution in [0.15, 0.2) is 59.0 Å². The molecule has 0 unspecified atom stereocenters. The standard InChI is InChI=1S/C29H27NO/c1-30-22-8-4-2-6-20(22)26-23(30)13-25-27(21-7-3-5-9-24(21)31-25)28(26)29-14-17-10-18(15-29)12-19(11-17)16-29/h2-9,13,17-19H,10-12,14-16H2,1H3. The molecule has 2 nitrogen and oxygen atoms in total. The van der Waals surface area contributed by atoms with E-state index in [1.54, 1.807) is 5.56 Å². The summed E-state index contributed by atoms with van der Waals surface area (Å²) in [7, 11) is 2.22. The normalized spacial score (nSPS) is 29.8. The molecule has 9 rings (SSSR count). The van der Waals surface area contributed by atoms with Gasteiger partial charge in [0, 0.05) is 40.2 Å². The third kappa shape index (κ3) is 2.04. The molecule has 0 radical (unpaired) electrons. The smallest absolute Gasteiger partial charge is 0.137 e. The van der Waals surface area contributed by atoms with Crippen LogP contribution in [-0.4, -0.2) is 4.57 Å². The minimum absolute atomic E-state index is 0.309. The average Bonchev–Trinajstić information content (AvgIpc) is 3.27. The second-order valence-electron chi connectivity index (χ2n) is 10.9. The molecule has 2 heteroatoms. The summed E-state index contributed by atoms with van der Waals surface area (Å²) in [5.74, 6) is 2.76. The summed E-state index contributed by atoms with van der Waals surface area (Å²) in [6.07, 6.45) is 8.53. The molecule has 0 aliphatic heterocycles. The van der Waals surface area contributed by atoms with Crippen molar-refractivity contribution in [2.45, 2.75) is 43.9 Å². The second kappa shape index (κ2) is 5.54. The van der Waals surface area contributed by atoms with E-state index in [9.17, 15) is 0 Å². The van der Waals surface area contributed by atoms with E-state index in [4.69, 9.17) is 4.42 Å². The van der Waals surface area contributed by atoms with E-state index in [1.165, 1.54) is 71.1 Å². The zero-order chi connectivity index (χ0) is 20.3. The van der Waals surface area contributed by atoms with Gasteiger partial charge in [0.1, 0.15) is 11.2 Å². The summed E-state index contributed by atoms with van der Waals surface area (Å²) < 4.78 is 8.89. The fraction of sp³-hybridized carbons (Fsp3) is 0.379. The van der Waals surface area contributed by atoms with Crippen molar-refractivity contribution in [1.29, 1.82) is 0 Å². The average molecular weight is 406 g/mol. The number of para-hydroxylation sites is 2. The van der Waals surface area contributed by atoms with Gasteiger partial charge in [-0.05, 0) is 79.4 Å². The second-order valence-corrected chi connectivity index (χ2v) is 10.9. The van der Waals surface area contributed by atoms with Crippen LogP contribution in [0.5, 0.6) is 0 Å². The van der Waals surface area contributed by atoms with Crippen molar-refractivity contribution in [3.8, 4) is 0 Å². The molecular weight excluding hydrogens is 378 g/mol. The van der Waals surface area contributed by atoms with Crippen LogP contribution in [0, 0.1) is 17.8 Å². The summed E-state index contributed by atoms with van der Waals surface area (Å²) >= 11 is 0. The van der Waals surface area contributed by atoms with Crippen molar-refractivity contribution in [2.24, 2.45) is 24.8 Å². The van der Waals surface area contributed by atoms with Crippen molar-refractivity contribution < 1.29 is 4.42 Å². The molecule has 0 saturated heterocycles. The Balaban J connectivity index is 1.61. The summed E-state index contributed by atoms with van der Waals surface area (Å²) in [5, 5.41) is 5.62. The number of hydrogen-bond donors (Lipinski definition) is 0. The lowest BCUT2D eigenvalue weighted by atomic mass is 9.47. The maximum atomic E-state index is 6.50. The Hall–Kier alpha value is -2.74. The number of aromatic nitrogens is 1. The topological polar surface area (TPSA) is 18.1 Å². The fourth-order valence-corrected chi connectivity index (χ4v) is 8.46. The molecule has 4 aliphatic rings. The highest BCUT2D eigenvalue weighted by molar-refractivity contribution is 6.20. The minimum Gasteiger partial charge on any atom is -0.456 e. The van der Waals surface area contributed by atoms with Gasteiger partial charge in [0.2, 0.25) is 0 Å². The third-order valence-corrected chi connectivity index (χ3v) is 9.11. The fourth-order valence-electron chi connectivity index (χ4n) is 8.46. The Kier molecular flexibility index (Phi) is 3.02. The van der Waals surface area contributed by atoms with Gasteiger partial charge in [-0.15, -0.1) is 0 Å². The SMILES string of the molecule is Cn1c2ccccc2c2c(C34CC5CC(CC(C5)C3)C4)c3c(cc21)oc1ccccc13. The quantitative estimate of drug-likeness (QED) is 0.279. The first-order valence-electron chi connectivity index (χ1n) is 12.0. The van der Waals surface area contributed by atoms with Gasteiger partial charge in [0.15, 0.2) is 0 Å². The number of rotatable bonds is 1. The van der Waals surface area contributed by atoms with Crippen molar-refractivity contribution in [3.63, 3.8) is 0 Å². The van der Waals surface area contributed by atoms with E-state index in [-0.39, 0.29) is 0 Å². The summed E-state index contributed by atoms with van der Waals surface area (Å²) in [6.45, 7) is 0. The van der Waals surface area contributed by atoms with Crippen LogP contribution in [0.4, 0.5) is 0 Å². The zero-order valence-electron chi connectivity index (χ0n) is 18.0. The molecule has 0 atom stereocenters. The van der Waals surface area contributed by atoms with Crippen molar-refractivity contribution >= 4 is 43.7 Å². The van der Waals surface area contributed by atoms with E-state index < -0.39 is 0 Å². The molecule has 4 fully saturated rings. The van der Waals surface area contributed by atoms with Crippen molar-refractivity contribution in [3.05, 3.63) is 60.2 Å². The van der Waals surface area contributed by atoms with Gasteiger partial charge >= 0.3 is 0 Å². The molecule has 0 spiro atoms. The summed E-state index contributed by atoms with van der Waals surface area (Å²) in [5.41, 5.74) is 6.71. The molecule has 2 heterocycles. The van der Waals surface area contributed by atoms with Gasteiger partial charge in [-0.25, -0.2) is 0 Å². The number of nitrogens with zero attached hydrogens (tertiary/aromatic N) is 1. The molecule has 5 aromatic rings. The molecule has 31 heavy (non-hydrogen) atoms. The molecule has 0 N–H and O–H groups in total. The predicted octanol–water partition coefficient (Wildman–Crippen LogP) is 7.70. The van der Waals surface area contributed by atoms with Crippen LogP contribution in [-0.2, 0) is 12.5 Å². The molecule has 0 amide bonds. The molecule has 2 aromatic heterocycles. The van der Waals surface area contributed by atoms with Crippen LogP contribution in [0.25, 0.3) is 43.7 Å². The van der Waals surface area contributed by atoms with Gasteiger partial charge in [-0.3, -0.25) is 0 Å². The van der Waals surface area contributed by atoms with E-state index in [0.29, 0.717) is 5.41 Å². The lowest BCUT2D eigenvalue weighted by Gasteiger charge is -2.57. The maximum absolute atomic E-state index is 6.50. The van der Waals surface area contributed by atoms with Crippen molar-refractivity contribution in [1.82, 2.24) is 4.57 Å². The molecule has 3 aromatic carbocycles. The number of hydrogen-bond acceptors (Lipinski definition) is 1. The van der Waals surface area contributed by atoms with Gasteiger partial charge in [-0.2, -0.15) is 0 Å². The number of fused-ring (bicyclic) bond motifs is 6. The zero-order valence-corrected chi connectivity index (χ0v) is 18.0. The highest BCUT2D eigenvalue weighted by atomic mass is 16.3. The molecule has 4 aliphatic carbocycles. The predicted molar refractivity (Wildman–Crippen MR) is 128 cm³/mol. The number of aryl methyl sites for hydroxylation is 1. The van der Waals surface area contributed by atoms with Crippen LogP contribution >= 0.6 is 0 Å². The monoisotopic (exact) mass is 405 g/mol. The van der Waals surface area contributed by atoms with Gasteiger partial charge in [0.05, 0.1) is 5.52 Å². The first-order chi connectivity index (χ1) is 15.2. The lowest BCUT2D eigenvalue weighted by Crippen LogP contribution is -2.48. The third-order valence-electron chi connectivity index (χ3n) is 9.11. The van der Waals surface area contributed by atoms with Gasteiger partial charge in [0.25, 0.3) is 0 Å². The highest BCUT2D eigenvalue weighted by Crippen LogP contribution is 2.63. The lowest BCUT2D eigenvalue weighted by molar-refractivity contribution is -0.00378. The highest BCUT2D eigenvalue weighted by Gasteiger charge is 2.53. The van der Waals surface area contributed by atoms with E-state index in [2.05, 4.69) is 66.2 Å². The Morgan fingerprint density at radius 3 is 2.13 bits per heavy atom. The van der Waals surface area contributed by atoms with Crippen molar-refractivity contribution in [2.75, 3.05) is 0 Å². The van der Waals surface area contributed by atoms with Crippen LogP contribution in [0.3, 0.4) is 0 Å². The Morgan fingerprint density at radius 1 is 0.742 bits per heavy atom. The van der Waals surface area contributed by atoms with E-state index in [1.807, 2.05) is 0 Å². The minimum atomic E-state index is 0.309. The molecule has 4 bridgehead atoms. The number of benzene rings is 3. The largest absolute Gasteiger partial charge is 0.456 e. The van der Waals surface area contributed by atoms with Gasteiger partial charge in [-0.1, -0.05) is 36.4 Å². The van der Waals surface area contributed by atoms with Crippen LogP contribution < -0.4 is 0 Å². The Morgan fingerprint density at radius 2 is 1.39 bits per heavy atom. The Labute approximate surface area is 181 Å². The molecule has 154 valence electrons. The molecule has 4 saturated carbocycles. The van der Waals surface area contributed by atoms with Gasteiger partial charge < -0.3 is 8.98 Å². The Bertz CT molecular complexity index is 1500. The van der Waals surface area contributed by atoms with E-state index >= 15 is 0 Å². The summed E-state index contributed by atoms with van der Waals surface area (Å²) in [4.78, 5) is 0. The van der Waals surface area contributed by atoms with E-state index in [0.717, 1.165) is 28.9 Å². The first-order valence-corrected chi connectivity index (χ1v) is 12.0. The number of furan rings is 1. The van der Waals surface area contributed by atoms with Crippen LogP contribution in [0.1, 0.15) is 44.1 Å². The summed E-state index contributed by atoms with van der Waals surface area (Å²) in [6, 6.07) is 20.0. The first kappa shape index (κ1) is 16.9. The maximum Gasteiger partial charge on any atom is 0.137 e. The van der Waals surface area contributed by atoms with Crippen LogP contribution in [0.2, 0.25) is 0 Å². The molecular formula is C29H27NO.